The molecule has 1 aromatic carbocycles. The minimum absolute atomic E-state index is 0.0140. The first-order valence-corrected chi connectivity index (χ1v) is 8.12. The van der Waals surface area contributed by atoms with Crippen LogP contribution in [0.15, 0.2) is 24.3 Å². The molecule has 0 aliphatic carbocycles. The predicted octanol–water partition coefficient (Wildman–Crippen LogP) is 4.54. The molecule has 0 saturated carbocycles. The number of benzene rings is 1. The van der Waals surface area contributed by atoms with E-state index in [-0.39, 0.29) is 18.8 Å². The highest BCUT2D eigenvalue weighted by molar-refractivity contribution is 6.32. The summed E-state index contributed by atoms with van der Waals surface area (Å²) in [4.78, 5) is 23.1. The van der Waals surface area contributed by atoms with Gasteiger partial charge in [0.05, 0.1) is 24.5 Å². The van der Waals surface area contributed by atoms with Crippen molar-refractivity contribution in [2.75, 3.05) is 6.61 Å². The summed E-state index contributed by atoms with van der Waals surface area (Å²) in [6.45, 7) is 2.57. The highest BCUT2D eigenvalue weighted by atomic mass is 35.5. The molecular weight excluding hydrogens is 304 g/mol. The Kier molecular flexibility index (Phi) is 9.31. The van der Waals surface area contributed by atoms with Gasteiger partial charge in [-0.15, -0.1) is 0 Å². The molecule has 0 spiro atoms. The lowest BCUT2D eigenvalue weighted by Crippen LogP contribution is -2.13. The lowest BCUT2D eigenvalue weighted by atomic mass is 10.2. The number of halogens is 1. The SMILES string of the molecule is CCCCCCCOC(=O)CCC(=O)Oc1ccccc1Cl. The Bertz CT molecular complexity index is 473. The summed E-state index contributed by atoms with van der Waals surface area (Å²) in [5.74, 6) is -0.557. The first-order valence-electron chi connectivity index (χ1n) is 7.74. The van der Waals surface area contributed by atoms with Crippen LogP contribution in [0.5, 0.6) is 5.75 Å². The summed E-state index contributed by atoms with van der Waals surface area (Å²) in [6, 6.07) is 6.71. The van der Waals surface area contributed by atoms with Crippen molar-refractivity contribution in [1.29, 1.82) is 0 Å². The Balaban J connectivity index is 2.13. The third kappa shape index (κ3) is 8.03. The molecule has 4 nitrogen and oxygen atoms in total. The molecule has 0 heterocycles. The maximum atomic E-state index is 11.6. The average Bonchev–Trinajstić information content (AvgIpc) is 2.51. The minimum atomic E-state index is -0.493. The van der Waals surface area contributed by atoms with Gasteiger partial charge in [0.15, 0.2) is 0 Å². The van der Waals surface area contributed by atoms with E-state index < -0.39 is 5.97 Å². The summed E-state index contributed by atoms with van der Waals surface area (Å²) in [5.41, 5.74) is 0. The Morgan fingerprint density at radius 3 is 2.41 bits per heavy atom. The van der Waals surface area contributed by atoms with Crippen molar-refractivity contribution in [1.82, 2.24) is 0 Å². The fraction of sp³-hybridized carbons (Fsp3) is 0.529. The molecular formula is C17H23ClO4. The van der Waals surface area contributed by atoms with E-state index >= 15 is 0 Å². The first kappa shape index (κ1) is 18.5. The van der Waals surface area contributed by atoms with Gasteiger partial charge < -0.3 is 9.47 Å². The molecule has 0 N–H and O–H groups in total. The summed E-state index contributed by atoms with van der Waals surface area (Å²) < 4.78 is 10.2. The van der Waals surface area contributed by atoms with Gasteiger partial charge in [0.1, 0.15) is 5.75 Å². The van der Waals surface area contributed by atoms with Gasteiger partial charge >= 0.3 is 11.9 Å². The summed E-state index contributed by atoms with van der Waals surface area (Å²) in [5, 5.41) is 0.366. The van der Waals surface area contributed by atoms with Gasteiger partial charge in [-0.1, -0.05) is 56.3 Å². The maximum Gasteiger partial charge on any atom is 0.311 e. The van der Waals surface area contributed by atoms with Gasteiger partial charge in [0.25, 0.3) is 0 Å². The van der Waals surface area contributed by atoms with E-state index in [1.807, 2.05) is 0 Å². The number of esters is 2. The largest absolute Gasteiger partial charge is 0.466 e. The summed E-state index contributed by atoms with van der Waals surface area (Å²) in [6.07, 6.45) is 5.51. The highest BCUT2D eigenvalue weighted by Gasteiger charge is 2.11. The molecule has 1 rings (SSSR count). The van der Waals surface area contributed by atoms with Crippen LogP contribution >= 0.6 is 11.6 Å². The number of unbranched alkanes of at least 4 members (excludes halogenated alkanes) is 4. The zero-order chi connectivity index (χ0) is 16.2. The second kappa shape index (κ2) is 11.1. The predicted molar refractivity (Wildman–Crippen MR) is 86.0 cm³/mol. The van der Waals surface area contributed by atoms with Crippen LogP contribution in [0.25, 0.3) is 0 Å². The fourth-order valence-electron chi connectivity index (χ4n) is 1.87. The van der Waals surface area contributed by atoms with Crippen LogP contribution in [-0.2, 0) is 14.3 Å². The molecule has 0 bridgehead atoms. The van der Waals surface area contributed by atoms with E-state index in [0.717, 1.165) is 19.3 Å². The summed E-state index contributed by atoms with van der Waals surface area (Å²) in [7, 11) is 0. The van der Waals surface area contributed by atoms with Crippen molar-refractivity contribution >= 4 is 23.5 Å². The lowest BCUT2D eigenvalue weighted by molar-refractivity contribution is -0.147. The maximum absolute atomic E-state index is 11.6. The number of carbonyl (C=O) groups excluding carboxylic acids is 2. The van der Waals surface area contributed by atoms with Crippen LogP contribution in [0.3, 0.4) is 0 Å². The molecule has 122 valence electrons. The number of rotatable bonds is 10. The molecule has 0 fully saturated rings. The standard InChI is InChI=1S/C17H23ClO4/c1-2-3-4-5-8-13-21-16(19)11-12-17(20)22-15-10-7-6-9-14(15)18/h6-7,9-10H,2-5,8,11-13H2,1H3. The van der Waals surface area contributed by atoms with E-state index in [2.05, 4.69) is 6.92 Å². The Labute approximate surface area is 136 Å². The van der Waals surface area contributed by atoms with E-state index in [0.29, 0.717) is 17.4 Å². The van der Waals surface area contributed by atoms with Crippen LogP contribution in [0.1, 0.15) is 51.9 Å². The third-order valence-electron chi connectivity index (χ3n) is 3.10. The molecule has 0 aromatic heterocycles. The smallest absolute Gasteiger partial charge is 0.311 e. The minimum Gasteiger partial charge on any atom is -0.466 e. The van der Waals surface area contributed by atoms with E-state index in [9.17, 15) is 9.59 Å². The van der Waals surface area contributed by atoms with Crippen molar-refractivity contribution < 1.29 is 19.1 Å². The fourth-order valence-corrected chi connectivity index (χ4v) is 2.04. The number of para-hydroxylation sites is 1. The monoisotopic (exact) mass is 326 g/mol. The molecule has 0 radical (unpaired) electrons. The molecule has 0 amide bonds. The van der Waals surface area contributed by atoms with Crippen LogP contribution in [0, 0.1) is 0 Å². The second-order valence-corrected chi connectivity index (χ2v) is 5.45. The Hall–Kier alpha value is -1.55. The van der Waals surface area contributed by atoms with Crippen LogP contribution < -0.4 is 4.74 Å². The average molecular weight is 327 g/mol. The van der Waals surface area contributed by atoms with E-state index in [1.165, 1.54) is 12.8 Å². The Morgan fingerprint density at radius 2 is 1.68 bits per heavy atom. The summed E-state index contributed by atoms with van der Waals surface area (Å²) >= 11 is 5.88. The van der Waals surface area contributed by atoms with E-state index in [4.69, 9.17) is 21.1 Å². The molecule has 0 atom stereocenters. The quantitative estimate of drug-likeness (QED) is 0.360. The number of ether oxygens (including phenoxy) is 2. The van der Waals surface area contributed by atoms with Gasteiger partial charge in [-0.2, -0.15) is 0 Å². The van der Waals surface area contributed by atoms with Gasteiger partial charge in [0, 0.05) is 0 Å². The van der Waals surface area contributed by atoms with Crippen molar-refractivity contribution in [2.24, 2.45) is 0 Å². The number of hydrogen-bond donors (Lipinski definition) is 0. The molecule has 1 aromatic rings. The molecule has 5 heteroatoms. The van der Waals surface area contributed by atoms with E-state index in [1.54, 1.807) is 24.3 Å². The topological polar surface area (TPSA) is 52.6 Å². The zero-order valence-corrected chi connectivity index (χ0v) is 13.7. The van der Waals surface area contributed by atoms with Crippen molar-refractivity contribution in [2.45, 2.75) is 51.9 Å². The Morgan fingerprint density at radius 1 is 1.00 bits per heavy atom. The molecule has 0 unspecified atom stereocenters. The molecule has 0 aliphatic rings. The normalized spacial score (nSPS) is 10.3. The highest BCUT2D eigenvalue weighted by Crippen LogP contribution is 2.23. The van der Waals surface area contributed by atoms with Crippen LogP contribution in [0.4, 0.5) is 0 Å². The third-order valence-corrected chi connectivity index (χ3v) is 3.42. The first-order chi connectivity index (χ1) is 10.6. The molecule has 0 saturated heterocycles. The number of carbonyl (C=O) groups is 2. The van der Waals surface area contributed by atoms with Gasteiger partial charge in [-0.25, -0.2) is 0 Å². The molecule has 22 heavy (non-hydrogen) atoms. The van der Waals surface area contributed by atoms with Gasteiger partial charge in [-0.3, -0.25) is 9.59 Å². The second-order valence-electron chi connectivity index (χ2n) is 5.04. The van der Waals surface area contributed by atoms with Gasteiger partial charge in [-0.05, 0) is 18.6 Å². The molecule has 0 aliphatic heterocycles. The van der Waals surface area contributed by atoms with Crippen LogP contribution in [-0.4, -0.2) is 18.5 Å². The van der Waals surface area contributed by atoms with Crippen molar-refractivity contribution in [3.63, 3.8) is 0 Å². The lowest BCUT2D eigenvalue weighted by Gasteiger charge is -2.06. The number of hydrogen-bond acceptors (Lipinski definition) is 4. The van der Waals surface area contributed by atoms with Crippen molar-refractivity contribution in [3.05, 3.63) is 29.3 Å². The van der Waals surface area contributed by atoms with Crippen molar-refractivity contribution in [3.8, 4) is 5.75 Å². The zero-order valence-electron chi connectivity index (χ0n) is 13.0. The van der Waals surface area contributed by atoms with Crippen LogP contribution in [0.2, 0.25) is 5.02 Å². The van der Waals surface area contributed by atoms with Gasteiger partial charge in [0.2, 0.25) is 0 Å².